The molecule has 0 bridgehead atoms. The zero-order chi connectivity index (χ0) is 9.84. The van der Waals surface area contributed by atoms with E-state index in [1.165, 1.54) is 6.20 Å². The molecule has 4 heteroatoms. The summed E-state index contributed by atoms with van der Waals surface area (Å²) in [5, 5.41) is 19.6. The van der Waals surface area contributed by atoms with Crippen LogP contribution in [-0.2, 0) is 0 Å². The van der Waals surface area contributed by atoms with Crippen LogP contribution in [0.3, 0.4) is 0 Å². The van der Waals surface area contributed by atoms with E-state index in [0.717, 1.165) is 10.3 Å². The van der Waals surface area contributed by atoms with Gasteiger partial charge in [0.1, 0.15) is 12.4 Å². The van der Waals surface area contributed by atoms with Crippen LogP contribution in [0.4, 0.5) is 0 Å². The van der Waals surface area contributed by atoms with E-state index in [9.17, 15) is 5.21 Å². The van der Waals surface area contributed by atoms with Crippen LogP contribution in [0.2, 0.25) is 0 Å². The Morgan fingerprint density at radius 2 is 2.23 bits per heavy atom. The topological polar surface area (TPSA) is 56.4 Å². The minimum atomic E-state index is -0.0231. The van der Waals surface area contributed by atoms with Gasteiger partial charge in [-0.1, -0.05) is 0 Å². The summed E-state index contributed by atoms with van der Waals surface area (Å²) in [4.78, 5) is 0. The van der Waals surface area contributed by atoms with Gasteiger partial charge in [-0.25, -0.2) is 0 Å². The summed E-state index contributed by atoms with van der Waals surface area (Å²) >= 11 is 0. The van der Waals surface area contributed by atoms with Crippen LogP contribution >= 0.6 is 0 Å². The van der Waals surface area contributed by atoms with Gasteiger partial charge in [-0.15, -0.1) is 0 Å². The van der Waals surface area contributed by atoms with Crippen molar-refractivity contribution >= 4 is 0 Å². The zero-order valence-electron chi connectivity index (χ0n) is 7.78. The molecule has 4 nitrogen and oxygen atoms in total. The fraction of sp³-hybridized carbons (Fsp3) is 0.444. The second-order valence-corrected chi connectivity index (χ2v) is 2.79. The lowest BCUT2D eigenvalue weighted by atomic mass is 10.2. The summed E-state index contributed by atoms with van der Waals surface area (Å²) < 4.78 is 6.01. The molecule has 0 fully saturated rings. The molecule has 1 aromatic heterocycles. The molecular weight excluding hydrogens is 170 g/mol. The van der Waals surface area contributed by atoms with Gasteiger partial charge in [-0.3, -0.25) is 0 Å². The lowest BCUT2D eigenvalue weighted by Crippen LogP contribution is -2.30. The van der Waals surface area contributed by atoms with Crippen LogP contribution in [0, 0.1) is 19.1 Å². The summed E-state index contributed by atoms with van der Waals surface area (Å²) in [6.07, 6.45) is 1.40. The van der Waals surface area contributed by atoms with Gasteiger partial charge < -0.3 is 15.1 Å². The average Bonchev–Trinajstić information content (AvgIpc) is 2.13. The number of rotatable bonds is 3. The molecule has 1 aromatic rings. The standard InChI is InChI=1S/C9H13NO3/c1-7-8(2)10(12)4-3-9(7)13-6-5-11/h3-4,11H,5-6H2,1-2H3. The first-order valence-electron chi connectivity index (χ1n) is 4.10. The van der Waals surface area contributed by atoms with Gasteiger partial charge in [-0.05, 0) is 6.92 Å². The van der Waals surface area contributed by atoms with Crippen LogP contribution in [0.1, 0.15) is 11.3 Å². The Labute approximate surface area is 77.0 Å². The Morgan fingerprint density at radius 1 is 1.54 bits per heavy atom. The van der Waals surface area contributed by atoms with Crippen molar-refractivity contribution in [3.05, 3.63) is 28.7 Å². The van der Waals surface area contributed by atoms with E-state index >= 15 is 0 Å². The molecule has 0 atom stereocenters. The Bertz CT molecular complexity index is 299. The minimum Gasteiger partial charge on any atom is -0.618 e. The predicted octanol–water partition coefficient (Wildman–Crippen LogP) is 0.308. The average molecular weight is 183 g/mol. The SMILES string of the molecule is Cc1c(OCCO)cc[n+]([O-])c1C. The van der Waals surface area contributed by atoms with Crippen molar-refractivity contribution in [2.24, 2.45) is 0 Å². The van der Waals surface area contributed by atoms with Crippen molar-refractivity contribution in [3.8, 4) is 5.75 Å². The second kappa shape index (κ2) is 4.09. The van der Waals surface area contributed by atoms with E-state index in [1.807, 2.05) is 6.92 Å². The molecule has 13 heavy (non-hydrogen) atoms. The molecule has 0 aliphatic carbocycles. The van der Waals surface area contributed by atoms with E-state index in [4.69, 9.17) is 9.84 Å². The van der Waals surface area contributed by atoms with Gasteiger partial charge in [-0.2, -0.15) is 4.73 Å². The van der Waals surface area contributed by atoms with E-state index in [0.29, 0.717) is 11.4 Å². The molecule has 72 valence electrons. The maximum atomic E-state index is 11.1. The molecule has 0 spiro atoms. The molecule has 0 unspecified atom stereocenters. The summed E-state index contributed by atoms with van der Waals surface area (Å²) in [6, 6.07) is 1.60. The van der Waals surface area contributed by atoms with Crippen molar-refractivity contribution in [3.63, 3.8) is 0 Å². The van der Waals surface area contributed by atoms with Crippen molar-refractivity contribution < 1.29 is 14.6 Å². The van der Waals surface area contributed by atoms with Gasteiger partial charge >= 0.3 is 0 Å². The van der Waals surface area contributed by atoms with Crippen molar-refractivity contribution in [2.75, 3.05) is 13.2 Å². The molecular formula is C9H13NO3. The summed E-state index contributed by atoms with van der Waals surface area (Å²) in [5.74, 6) is 0.652. The van der Waals surface area contributed by atoms with E-state index in [2.05, 4.69) is 0 Å². The lowest BCUT2D eigenvalue weighted by Gasteiger charge is -2.09. The van der Waals surface area contributed by atoms with Crippen molar-refractivity contribution in [1.82, 2.24) is 0 Å². The molecule has 0 saturated carbocycles. The number of aromatic nitrogens is 1. The number of aliphatic hydroxyl groups excluding tert-OH is 1. The van der Waals surface area contributed by atoms with E-state index in [1.54, 1.807) is 13.0 Å². The molecule has 0 amide bonds. The van der Waals surface area contributed by atoms with Gasteiger partial charge in [0.15, 0.2) is 11.9 Å². The monoisotopic (exact) mass is 183 g/mol. The van der Waals surface area contributed by atoms with Crippen LogP contribution in [0.25, 0.3) is 0 Å². The van der Waals surface area contributed by atoms with Gasteiger partial charge in [0, 0.05) is 13.0 Å². The molecule has 0 aromatic carbocycles. The maximum Gasteiger partial charge on any atom is 0.196 e. The van der Waals surface area contributed by atoms with Gasteiger partial charge in [0.2, 0.25) is 0 Å². The Morgan fingerprint density at radius 3 is 2.85 bits per heavy atom. The fourth-order valence-corrected chi connectivity index (χ4v) is 1.03. The molecule has 1 N–H and O–H groups in total. The molecule has 1 rings (SSSR count). The van der Waals surface area contributed by atoms with Crippen molar-refractivity contribution in [1.29, 1.82) is 0 Å². The first kappa shape index (κ1) is 9.80. The second-order valence-electron chi connectivity index (χ2n) is 2.79. The number of hydrogen-bond acceptors (Lipinski definition) is 3. The molecule has 0 aliphatic heterocycles. The van der Waals surface area contributed by atoms with Crippen LogP contribution in [-0.4, -0.2) is 18.3 Å². The highest BCUT2D eigenvalue weighted by Gasteiger charge is 2.09. The third-order valence-corrected chi connectivity index (χ3v) is 1.95. The van der Waals surface area contributed by atoms with E-state index < -0.39 is 0 Å². The third-order valence-electron chi connectivity index (χ3n) is 1.95. The summed E-state index contributed by atoms with van der Waals surface area (Å²) in [5.41, 5.74) is 1.43. The van der Waals surface area contributed by atoms with Gasteiger partial charge in [0.05, 0.1) is 12.2 Å². The van der Waals surface area contributed by atoms with Crippen LogP contribution < -0.4 is 9.47 Å². The van der Waals surface area contributed by atoms with Gasteiger partial charge in [0.25, 0.3) is 0 Å². The number of aliphatic hydroxyl groups is 1. The Hall–Kier alpha value is -1.29. The van der Waals surface area contributed by atoms with Crippen molar-refractivity contribution in [2.45, 2.75) is 13.8 Å². The Balaban J connectivity index is 2.90. The third kappa shape index (κ3) is 2.09. The summed E-state index contributed by atoms with van der Waals surface area (Å²) in [7, 11) is 0. The number of hydrogen-bond donors (Lipinski definition) is 1. The minimum absolute atomic E-state index is 0.0231. The normalized spacial score (nSPS) is 10.1. The Kier molecular flexibility index (Phi) is 3.08. The predicted molar refractivity (Wildman–Crippen MR) is 47.5 cm³/mol. The molecule has 1 heterocycles. The van der Waals surface area contributed by atoms with Crippen LogP contribution in [0.15, 0.2) is 12.3 Å². The highest BCUT2D eigenvalue weighted by molar-refractivity contribution is 5.31. The highest BCUT2D eigenvalue weighted by atomic mass is 16.5. The zero-order valence-corrected chi connectivity index (χ0v) is 7.78. The maximum absolute atomic E-state index is 11.1. The number of ether oxygens (including phenoxy) is 1. The highest BCUT2D eigenvalue weighted by Crippen LogP contribution is 2.17. The largest absolute Gasteiger partial charge is 0.618 e. The smallest absolute Gasteiger partial charge is 0.196 e. The fourth-order valence-electron chi connectivity index (χ4n) is 1.03. The first-order chi connectivity index (χ1) is 6.16. The molecule has 0 radical (unpaired) electrons. The summed E-state index contributed by atoms with van der Waals surface area (Å²) in [6.45, 7) is 3.78. The van der Waals surface area contributed by atoms with E-state index in [-0.39, 0.29) is 13.2 Å². The first-order valence-corrected chi connectivity index (χ1v) is 4.10. The number of nitrogens with zero attached hydrogens (tertiary/aromatic N) is 1. The quantitative estimate of drug-likeness (QED) is 0.542. The molecule has 0 aliphatic rings. The lowest BCUT2D eigenvalue weighted by molar-refractivity contribution is -0.612. The number of pyridine rings is 1. The molecule has 0 saturated heterocycles. The van der Waals surface area contributed by atoms with Crippen LogP contribution in [0.5, 0.6) is 5.75 Å².